The first-order valence-electron chi connectivity index (χ1n) is 8.00. The van der Waals surface area contributed by atoms with E-state index in [4.69, 9.17) is 9.47 Å². The van der Waals surface area contributed by atoms with Gasteiger partial charge in [0.1, 0.15) is 0 Å². The molecule has 0 fully saturated rings. The van der Waals surface area contributed by atoms with Gasteiger partial charge in [-0.2, -0.15) is 0 Å². The van der Waals surface area contributed by atoms with E-state index >= 15 is 0 Å². The van der Waals surface area contributed by atoms with E-state index in [0.717, 1.165) is 19.3 Å². The van der Waals surface area contributed by atoms with Crippen LogP contribution in [-0.2, 0) is 19.1 Å². The Hall–Kier alpha value is -1.32. The van der Waals surface area contributed by atoms with E-state index in [9.17, 15) is 9.59 Å². The molecular formula is C18H32O4. The fourth-order valence-corrected chi connectivity index (χ4v) is 1.72. The summed E-state index contributed by atoms with van der Waals surface area (Å²) >= 11 is 0. The van der Waals surface area contributed by atoms with Gasteiger partial charge in [-0.1, -0.05) is 40.2 Å². The Balaban J connectivity index is 4.14. The van der Waals surface area contributed by atoms with E-state index in [1.165, 1.54) is 0 Å². The molecule has 0 aromatic rings. The zero-order valence-electron chi connectivity index (χ0n) is 15.0. The van der Waals surface area contributed by atoms with Crippen molar-refractivity contribution in [2.75, 3.05) is 13.2 Å². The van der Waals surface area contributed by atoms with E-state index in [1.807, 2.05) is 40.7 Å². The van der Waals surface area contributed by atoms with Crippen LogP contribution in [0, 0.1) is 16.7 Å². The van der Waals surface area contributed by atoms with Gasteiger partial charge in [0.25, 0.3) is 0 Å². The fourth-order valence-electron chi connectivity index (χ4n) is 1.72. The number of carbonyl (C=O) groups is 2. The molecule has 0 amide bonds. The zero-order chi connectivity index (χ0) is 17.4. The average molecular weight is 312 g/mol. The molecule has 0 bridgehead atoms. The van der Waals surface area contributed by atoms with Crippen LogP contribution in [0.1, 0.15) is 60.8 Å². The van der Waals surface area contributed by atoms with Gasteiger partial charge in [0, 0.05) is 0 Å². The van der Waals surface area contributed by atoms with Crippen molar-refractivity contribution in [1.29, 1.82) is 0 Å². The summed E-state index contributed by atoms with van der Waals surface area (Å²) in [5.74, 6) is -0.394. The third-order valence-electron chi connectivity index (χ3n) is 4.57. The maximum absolute atomic E-state index is 12.1. The van der Waals surface area contributed by atoms with Crippen LogP contribution in [0.25, 0.3) is 0 Å². The lowest BCUT2D eigenvalue weighted by Crippen LogP contribution is -2.39. The molecule has 0 N–H and O–H groups in total. The second kappa shape index (κ2) is 8.96. The largest absolute Gasteiger partial charge is 0.463 e. The minimum Gasteiger partial charge on any atom is -0.463 e. The van der Waals surface area contributed by atoms with Crippen molar-refractivity contribution in [1.82, 2.24) is 0 Å². The number of carbonyl (C=O) groups excluding carboxylic acids is 2. The van der Waals surface area contributed by atoms with Crippen LogP contribution in [0.3, 0.4) is 0 Å². The molecule has 0 spiro atoms. The van der Waals surface area contributed by atoms with E-state index in [1.54, 1.807) is 0 Å². The van der Waals surface area contributed by atoms with E-state index in [-0.39, 0.29) is 18.0 Å². The first-order chi connectivity index (χ1) is 10.1. The molecular weight excluding hydrogens is 280 g/mol. The van der Waals surface area contributed by atoms with Gasteiger partial charge in [-0.15, -0.1) is 6.58 Å². The lowest BCUT2D eigenvalue weighted by Gasteiger charge is -2.35. The molecule has 0 saturated carbocycles. The lowest BCUT2D eigenvalue weighted by molar-refractivity contribution is -0.169. The third-order valence-corrected chi connectivity index (χ3v) is 4.57. The molecule has 0 aliphatic rings. The highest BCUT2D eigenvalue weighted by Gasteiger charge is 2.41. The Morgan fingerprint density at radius 2 is 1.73 bits per heavy atom. The summed E-state index contributed by atoms with van der Waals surface area (Å²) in [6, 6.07) is 0. The van der Waals surface area contributed by atoms with Gasteiger partial charge >= 0.3 is 11.9 Å². The standard InChI is InChI=1S/C18H32O4/c1-8-10-14(9-2)11-12-21-15(19)13-22-16(20)18(6,7)17(3,4)5/h8,14H,1,9-13H2,2-7H3. The van der Waals surface area contributed by atoms with Gasteiger partial charge in [-0.3, -0.25) is 4.79 Å². The molecule has 0 saturated heterocycles. The lowest BCUT2D eigenvalue weighted by atomic mass is 9.69. The summed E-state index contributed by atoms with van der Waals surface area (Å²) in [6.07, 6.45) is 4.63. The van der Waals surface area contributed by atoms with Crippen molar-refractivity contribution in [3.05, 3.63) is 12.7 Å². The molecule has 1 unspecified atom stereocenters. The Morgan fingerprint density at radius 3 is 2.18 bits per heavy atom. The Bertz CT molecular complexity index is 377. The minimum atomic E-state index is -0.662. The monoisotopic (exact) mass is 312 g/mol. The van der Waals surface area contributed by atoms with Crippen molar-refractivity contribution in [2.45, 2.75) is 60.8 Å². The zero-order valence-corrected chi connectivity index (χ0v) is 15.0. The van der Waals surface area contributed by atoms with Crippen LogP contribution in [0.4, 0.5) is 0 Å². The summed E-state index contributed by atoms with van der Waals surface area (Å²) in [6.45, 7) is 15.4. The number of ether oxygens (including phenoxy) is 2. The molecule has 0 aromatic carbocycles. The fraction of sp³-hybridized carbons (Fsp3) is 0.778. The van der Waals surface area contributed by atoms with Crippen LogP contribution in [-0.4, -0.2) is 25.2 Å². The quantitative estimate of drug-likeness (QED) is 0.474. The van der Waals surface area contributed by atoms with Crippen molar-refractivity contribution in [3.63, 3.8) is 0 Å². The summed E-state index contributed by atoms with van der Waals surface area (Å²) in [5.41, 5.74) is -0.905. The number of esters is 2. The maximum Gasteiger partial charge on any atom is 0.344 e. The molecule has 22 heavy (non-hydrogen) atoms. The van der Waals surface area contributed by atoms with Gasteiger partial charge in [0.15, 0.2) is 6.61 Å². The highest BCUT2D eigenvalue weighted by Crippen LogP contribution is 2.38. The summed E-state index contributed by atoms with van der Waals surface area (Å²) in [7, 11) is 0. The maximum atomic E-state index is 12.1. The van der Waals surface area contributed by atoms with Crippen LogP contribution in [0.2, 0.25) is 0 Å². The molecule has 1 atom stereocenters. The molecule has 4 nitrogen and oxygen atoms in total. The van der Waals surface area contributed by atoms with Gasteiger partial charge in [0.2, 0.25) is 0 Å². The van der Waals surface area contributed by atoms with Crippen molar-refractivity contribution >= 4 is 11.9 Å². The molecule has 0 rings (SSSR count). The van der Waals surface area contributed by atoms with E-state index in [2.05, 4.69) is 13.5 Å². The average Bonchev–Trinajstić information content (AvgIpc) is 2.42. The minimum absolute atomic E-state index is 0.243. The van der Waals surface area contributed by atoms with E-state index in [0.29, 0.717) is 12.5 Å². The van der Waals surface area contributed by atoms with Gasteiger partial charge in [-0.05, 0) is 38.0 Å². The Labute approximate surface area is 135 Å². The van der Waals surface area contributed by atoms with Crippen LogP contribution >= 0.6 is 0 Å². The number of hydrogen-bond donors (Lipinski definition) is 0. The molecule has 128 valence electrons. The van der Waals surface area contributed by atoms with Crippen molar-refractivity contribution in [2.24, 2.45) is 16.7 Å². The summed E-state index contributed by atoms with van der Waals surface area (Å²) in [4.78, 5) is 23.7. The van der Waals surface area contributed by atoms with Gasteiger partial charge < -0.3 is 9.47 Å². The highest BCUT2D eigenvalue weighted by molar-refractivity contribution is 5.80. The Morgan fingerprint density at radius 1 is 1.14 bits per heavy atom. The molecule has 0 radical (unpaired) electrons. The predicted octanol–water partition coefficient (Wildman–Crippen LogP) is 4.14. The summed E-state index contributed by atoms with van der Waals surface area (Å²) < 4.78 is 10.2. The topological polar surface area (TPSA) is 52.6 Å². The first kappa shape index (κ1) is 20.7. The summed E-state index contributed by atoms with van der Waals surface area (Å²) in [5, 5.41) is 0. The van der Waals surface area contributed by atoms with E-state index < -0.39 is 11.4 Å². The van der Waals surface area contributed by atoms with Crippen LogP contribution < -0.4 is 0 Å². The highest BCUT2D eigenvalue weighted by atomic mass is 16.6. The molecule has 0 heterocycles. The van der Waals surface area contributed by atoms with Crippen molar-refractivity contribution in [3.8, 4) is 0 Å². The SMILES string of the molecule is C=CCC(CC)CCOC(=O)COC(=O)C(C)(C)C(C)(C)C. The molecule has 0 aliphatic heterocycles. The third kappa shape index (κ3) is 6.63. The van der Waals surface area contributed by atoms with Crippen LogP contribution in [0.15, 0.2) is 12.7 Å². The second-order valence-corrected chi connectivity index (χ2v) is 7.26. The van der Waals surface area contributed by atoms with Crippen LogP contribution in [0.5, 0.6) is 0 Å². The van der Waals surface area contributed by atoms with Gasteiger partial charge in [0.05, 0.1) is 12.0 Å². The molecule has 4 heteroatoms. The number of rotatable bonds is 9. The number of hydrogen-bond acceptors (Lipinski definition) is 4. The van der Waals surface area contributed by atoms with Crippen molar-refractivity contribution < 1.29 is 19.1 Å². The molecule has 0 aromatic heterocycles. The second-order valence-electron chi connectivity index (χ2n) is 7.26. The smallest absolute Gasteiger partial charge is 0.344 e. The predicted molar refractivity (Wildman–Crippen MR) is 88.4 cm³/mol. The Kier molecular flexibility index (Phi) is 8.43. The molecule has 0 aliphatic carbocycles. The normalized spacial score (nSPS) is 13.4. The number of allylic oxidation sites excluding steroid dienone is 1. The first-order valence-corrected chi connectivity index (χ1v) is 8.00. The van der Waals surface area contributed by atoms with Gasteiger partial charge in [-0.25, -0.2) is 4.79 Å².